The summed E-state index contributed by atoms with van der Waals surface area (Å²) in [5.74, 6) is 2.01. The second kappa shape index (κ2) is 6.76. The summed E-state index contributed by atoms with van der Waals surface area (Å²) in [4.78, 5) is 12.4. The molecule has 0 aliphatic rings. The van der Waals surface area contributed by atoms with Gasteiger partial charge in [-0.25, -0.2) is 4.79 Å². The molecule has 0 aliphatic carbocycles. The van der Waals surface area contributed by atoms with Crippen LogP contribution in [0.2, 0.25) is 0 Å². The molecule has 3 aromatic rings. The first-order chi connectivity index (χ1) is 12.1. The van der Waals surface area contributed by atoms with Crippen LogP contribution in [0.4, 0.5) is 0 Å². The van der Waals surface area contributed by atoms with Gasteiger partial charge in [0.25, 0.3) is 0 Å². The molecule has 1 heterocycles. The van der Waals surface area contributed by atoms with Crippen molar-refractivity contribution < 1.29 is 23.4 Å². The molecule has 0 spiro atoms. The first-order valence-corrected chi connectivity index (χ1v) is 7.54. The average molecular weight is 342 g/mol. The number of benzene rings is 2. The van der Waals surface area contributed by atoms with E-state index in [-0.39, 0.29) is 0 Å². The summed E-state index contributed by atoms with van der Waals surface area (Å²) in [5, 5.41) is 0.616. The fourth-order valence-corrected chi connectivity index (χ4v) is 2.71. The van der Waals surface area contributed by atoms with E-state index < -0.39 is 5.63 Å². The SMILES string of the molecule is COc1ccc(-c2cc3c(OC)c(OC)c(OC)cc3oc2=O)cc1. The van der Waals surface area contributed by atoms with Gasteiger partial charge in [-0.2, -0.15) is 0 Å². The minimum absolute atomic E-state index is 0.358. The predicted octanol–water partition coefficient (Wildman–Crippen LogP) is 3.49. The van der Waals surface area contributed by atoms with E-state index in [1.807, 2.05) is 0 Å². The number of hydrogen-bond donors (Lipinski definition) is 0. The molecule has 6 heteroatoms. The third kappa shape index (κ3) is 2.87. The molecule has 0 N–H and O–H groups in total. The van der Waals surface area contributed by atoms with Crippen molar-refractivity contribution in [3.05, 3.63) is 46.8 Å². The van der Waals surface area contributed by atoms with Gasteiger partial charge in [-0.15, -0.1) is 0 Å². The molecule has 0 saturated heterocycles. The zero-order valence-corrected chi connectivity index (χ0v) is 14.4. The minimum Gasteiger partial charge on any atom is -0.497 e. The molecule has 0 fully saturated rings. The maximum atomic E-state index is 12.4. The van der Waals surface area contributed by atoms with Gasteiger partial charge < -0.3 is 23.4 Å². The largest absolute Gasteiger partial charge is 0.497 e. The number of rotatable bonds is 5. The van der Waals surface area contributed by atoms with E-state index in [2.05, 4.69) is 0 Å². The maximum Gasteiger partial charge on any atom is 0.344 e. The molecule has 0 saturated carbocycles. The summed E-state index contributed by atoms with van der Waals surface area (Å²) in [6.07, 6.45) is 0. The zero-order chi connectivity index (χ0) is 18.0. The van der Waals surface area contributed by atoms with Gasteiger partial charge in [0, 0.05) is 6.07 Å². The molecular formula is C19H18O6. The molecular weight excluding hydrogens is 324 g/mol. The number of ether oxygens (including phenoxy) is 4. The second-order valence-electron chi connectivity index (χ2n) is 5.23. The molecule has 0 aliphatic heterocycles. The van der Waals surface area contributed by atoms with Gasteiger partial charge in [-0.3, -0.25) is 0 Å². The highest BCUT2D eigenvalue weighted by molar-refractivity contribution is 5.91. The Morgan fingerprint density at radius 2 is 1.48 bits per heavy atom. The van der Waals surface area contributed by atoms with Crippen LogP contribution in [0.25, 0.3) is 22.1 Å². The third-order valence-electron chi connectivity index (χ3n) is 3.94. The van der Waals surface area contributed by atoms with Crippen LogP contribution in [0.5, 0.6) is 23.0 Å². The van der Waals surface area contributed by atoms with E-state index in [1.165, 1.54) is 21.3 Å². The van der Waals surface area contributed by atoms with Crippen molar-refractivity contribution in [1.29, 1.82) is 0 Å². The van der Waals surface area contributed by atoms with E-state index in [9.17, 15) is 4.79 Å². The van der Waals surface area contributed by atoms with Crippen LogP contribution in [0, 0.1) is 0 Å². The molecule has 1 aromatic heterocycles. The summed E-state index contributed by atoms with van der Waals surface area (Å²) >= 11 is 0. The van der Waals surface area contributed by atoms with Gasteiger partial charge in [0.15, 0.2) is 11.5 Å². The van der Waals surface area contributed by atoms with Crippen molar-refractivity contribution in [3.8, 4) is 34.1 Å². The van der Waals surface area contributed by atoms with Crippen LogP contribution in [-0.4, -0.2) is 28.4 Å². The Bertz CT molecular complexity index is 956. The van der Waals surface area contributed by atoms with Crippen molar-refractivity contribution >= 4 is 11.0 Å². The fourth-order valence-electron chi connectivity index (χ4n) is 2.71. The molecule has 0 bridgehead atoms. The van der Waals surface area contributed by atoms with Gasteiger partial charge in [0.05, 0.1) is 39.4 Å². The van der Waals surface area contributed by atoms with E-state index in [0.29, 0.717) is 45.1 Å². The first-order valence-electron chi connectivity index (χ1n) is 7.54. The van der Waals surface area contributed by atoms with E-state index in [4.69, 9.17) is 23.4 Å². The second-order valence-corrected chi connectivity index (χ2v) is 5.23. The van der Waals surface area contributed by atoms with Crippen molar-refractivity contribution in [2.45, 2.75) is 0 Å². The van der Waals surface area contributed by atoms with E-state index in [1.54, 1.807) is 43.5 Å². The summed E-state index contributed by atoms with van der Waals surface area (Å²) in [6, 6.07) is 10.5. The Labute approximate surface area is 144 Å². The monoisotopic (exact) mass is 342 g/mol. The van der Waals surface area contributed by atoms with Crippen molar-refractivity contribution in [2.75, 3.05) is 28.4 Å². The van der Waals surface area contributed by atoms with Crippen LogP contribution in [-0.2, 0) is 0 Å². The average Bonchev–Trinajstić information content (AvgIpc) is 2.65. The van der Waals surface area contributed by atoms with Crippen molar-refractivity contribution in [1.82, 2.24) is 0 Å². The molecule has 130 valence electrons. The first kappa shape index (κ1) is 16.7. The lowest BCUT2D eigenvalue weighted by atomic mass is 10.0. The summed E-state index contributed by atoms with van der Waals surface area (Å²) in [6.45, 7) is 0. The molecule has 25 heavy (non-hydrogen) atoms. The predicted molar refractivity (Wildman–Crippen MR) is 94.1 cm³/mol. The Morgan fingerprint density at radius 1 is 0.800 bits per heavy atom. The van der Waals surface area contributed by atoms with Crippen LogP contribution >= 0.6 is 0 Å². The van der Waals surface area contributed by atoms with Gasteiger partial charge in [0.1, 0.15) is 11.3 Å². The van der Waals surface area contributed by atoms with Gasteiger partial charge in [0.2, 0.25) is 5.75 Å². The number of hydrogen-bond acceptors (Lipinski definition) is 6. The standard InChI is InChI=1S/C19H18O6/c1-21-12-7-5-11(6-8-12)13-9-14-15(25-19(13)20)10-16(22-2)18(24-4)17(14)23-3/h5-10H,1-4H3. The number of fused-ring (bicyclic) bond motifs is 1. The Kier molecular flexibility index (Phi) is 4.52. The van der Waals surface area contributed by atoms with Gasteiger partial charge in [-0.05, 0) is 23.8 Å². The quantitative estimate of drug-likeness (QED) is 0.661. The fraction of sp³-hybridized carbons (Fsp3) is 0.211. The Balaban J connectivity index is 2.28. The molecule has 6 nitrogen and oxygen atoms in total. The van der Waals surface area contributed by atoms with Crippen molar-refractivity contribution in [2.24, 2.45) is 0 Å². The highest BCUT2D eigenvalue weighted by Crippen LogP contribution is 2.43. The molecule has 0 atom stereocenters. The van der Waals surface area contributed by atoms with Gasteiger partial charge in [-0.1, -0.05) is 12.1 Å². The third-order valence-corrected chi connectivity index (χ3v) is 3.94. The van der Waals surface area contributed by atoms with Crippen LogP contribution in [0.1, 0.15) is 0 Å². The molecule has 0 radical (unpaired) electrons. The molecule has 0 amide bonds. The lowest BCUT2D eigenvalue weighted by Crippen LogP contribution is -2.04. The summed E-state index contributed by atoms with van der Waals surface area (Å²) < 4.78 is 26.8. The van der Waals surface area contributed by atoms with Gasteiger partial charge >= 0.3 is 5.63 Å². The van der Waals surface area contributed by atoms with Crippen LogP contribution in [0.15, 0.2) is 45.6 Å². The summed E-state index contributed by atoms with van der Waals surface area (Å²) in [5.41, 5.74) is 1.04. The normalized spacial score (nSPS) is 10.6. The number of methoxy groups -OCH3 is 4. The van der Waals surface area contributed by atoms with E-state index in [0.717, 1.165) is 0 Å². The summed E-state index contributed by atoms with van der Waals surface area (Å²) in [7, 11) is 6.14. The lowest BCUT2D eigenvalue weighted by molar-refractivity contribution is 0.326. The lowest BCUT2D eigenvalue weighted by Gasteiger charge is -2.14. The highest BCUT2D eigenvalue weighted by Gasteiger charge is 2.19. The van der Waals surface area contributed by atoms with Crippen molar-refractivity contribution in [3.63, 3.8) is 0 Å². The molecule has 3 rings (SSSR count). The smallest absolute Gasteiger partial charge is 0.344 e. The highest BCUT2D eigenvalue weighted by atomic mass is 16.5. The zero-order valence-electron chi connectivity index (χ0n) is 14.4. The van der Waals surface area contributed by atoms with Crippen LogP contribution < -0.4 is 24.6 Å². The maximum absolute atomic E-state index is 12.4. The Hall–Kier alpha value is -3.15. The van der Waals surface area contributed by atoms with Crippen LogP contribution in [0.3, 0.4) is 0 Å². The topological polar surface area (TPSA) is 67.1 Å². The molecule has 2 aromatic carbocycles. The minimum atomic E-state index is -0.452. The Morgan fingerprint density at radius 3 is 2.04 bits per heavy atom. The van der Waals surface area contributed by atoms with E-state index >= 15 is 0 Å². The molecule has 0 unspecified atom stereocenters.